The SMILES string of the molecule is Oc1ccc(Oc2cnc3ccccc3c2)cc1. The van der Waals surface area contributed by atoms with Gasteiger partial charge in [-0.05, 0) is 36.4 Å². The topological polar surface area (TPSA) is 42.4 Å². The van der Waals surface area contributed by atoms with Crippen LogP contribution in [0, 0.1) is 0 Å². The number of fused-ring (bicyclic) bond motifs is 1. The zero-order chi connectivity index (χ0) is 12.4. The normalized spacial score (nSPS) is 10.4. The lowest BCUT2D eigenvalue weighted by molar-refractivity contribution is 0.464. The minimum atomic E-state index is 0.221. The van der Waals surface area contributed by atoms with E-state index in [-0.39, 0.29) is 5.75 Å². The van der Waals surface area contributed by atoms with Crippen LogP contribution in [0.3, 0.4) is 0 Å². The fourth-order valence-corrected chi connectivity index (χ4v) is 1.76. The number of nitrogens with zero attached hydrogens (tertiary/aromatic N) is 1. The van der Waals surface area contributed by atoms with E-state index in [1.165, 1.54) is 0 Å². The maximum Gasteiger partial charge on any atom is 0.146 e. The molecule has 2 aromatic carbocycles. The van der Waals surface area contributed by atoms with Crippen molar-refractivity contribution in [1.82, 2.24) is 4.98 Å². The maximum atomic E-state index is 9.20. The predicted octanol–water partition coefficient (Wildman–Crippen LogP) is 3.73. The van der Waals surface area contributed by atoms with E-state index < -0.39 is 0 Å². The van der Waals surface area contributed by atoms with Gasteiger partial charge in [0.2, 0.25) is 0 Å². The Morgan fingerprint density at radius 3 is 2.50 bits per heavy atom. The van der Waals surface area contributed by atoms with E-state index in [4.69, 9.17) is 4.74 Å². The molecule has 1 aromatic heterocycles. The number of benzene rings is 2. The molecule has 0 aliphatic heterocycles. The lowest BCUT2D eigenvalue weighted by Crippen LogP contribution is -1.86. The Labute approximate surface area is 104 Å². The third kappa shape index (κ3) is 2.11. The minimum Gasteiger partial charge on any atom is -0.508 e. The third-order valence-corrected chi connectivity index (χ3v) is 2.64. The largest absolute Gasteiger partial charge is 0.508 e. The Morgan fingerprint density at radius 2 is 1.67 bits per heavy atom. The minimum absolute atomic E-state index is 0.221. The van der Waals surface area contributed by atoms with Gasteiger partial charge in [-0.1, -0.05) is 18.2 Å². The van der Waals surface area contributed by atoms with Gasteiger partial charge < -0.3 is 9.84 Å². The Kier molecular flexibility index (Phi) is 2.57. The molecule has 3 aromatic rings. The second kappa shape index (κ2) is 4.37. The van der Waals surface area contributed by atoms with E-state index >= 15 is 0 Å². The third-order valence-electron chi connectivity index (χ3n) is 2.64. The Bertz CT molecular complexity index is 677. The van der Waals surface area contributed by atoms with E-state index in [1.54, 1.807) is 30.5 Å². The van der Waals surface area contributed by atoms with Gasteiger partial charge in [0.05, 0.1) is 11.7 Å². The van der Waals surface area contributed by atoms with Gasteiger partial charge in [-0.2, -0.15) is 0 Å². The molecule has 3 nitrogen and oxygen atoms in total. The van der Waals surface area contributed by atoms with Crippen LogP contribution in [0.5, 0.6) is 17.2 Å². The molecule has 1 N–H and O–H groups in total. The number of hydrogen-bond donors (Lipinski definition) is 1. The van der Waals surface area contributed by atoms with Crippen molar-refractivity contribution in [3.63, 3.8) is 0 Å². The average molecular weight is 237 g/mol. The highest BCUT2D eigenvalue weighted by atomic mass is 16.5. The van der Waals surface area contributed by atoms with Crippen molar-refractivity contribution in [1.29, 1.82) is 0 Å². The van der Waals surface area contributed by atoms with Crippen LogP contribution in [0.15, 0.2) is 60.8 Å². The van der Waals surface area contributed by atoms with Gasteiger partial charge in [-0.25, -0.2) is 0 Å². The molecule has 1 heterocycles. The number of para-hydroxylation sites is 1. The molecule has 0 fully saturated rings. The van der Waals surface area contributed by atoms with Gasteiger partial charge >= 0.3 is 0 Å². The van der Waals surface area contributed by atoms with Crippen LogP contribution in [0.2, 0.25) is 0 Å². The Hall–Kier alpha value is -2.55. The highest BCUT2D eigenvalue weighted by molar-refractivity contribution is 5.79. The lowest BCUT2D eigenvalue weighted by atomic mass is 10.2. The number of hydrogen-bond acceptors (Lipinski definition) is 3. The molecule has 0 saturated heterocycles. The molecule has 0 bridgehead atoms. The number of aromatic nitrogens is 1. The Morgan fingerprint density at radius 1 is 0.889 bits per heavy atom. The fourth-order valence-electron chi connectivity index (χ4n) is 1.76. The summed E-state index contributed by atoms with van der Waals surface area (Å²) >= 11 is 0. The van der Waals surface area contributed by atoms with E-state index in [2.05, 4.69) is 4.98 Å². The number of phenols is 1. The molecule has 0 unspecified atom stereocenters. The van der Waals surface area contributed by atoms with E-state index in [9.17, 15) is 5.11 Å². The summed E-state index contributed by atoms with van der Waals surface area (Å²) in [5, 5.41) is 10.2. The van der Waals surface area contributed by atoms with Gasteiger partial charge in [0, 0.05) is 5.39 Å². The van der Waals surface area contributed by atoms with Crippen molar-refractivity contribution in [3.05, 3.63) is 60.8 Å². The van der Waals surface area contributed by atoms with Crippen LogP contribution < -0.4 is 4.74 Å². The van der Waals surface area contributed by atoms with Gasteiger partial charge in [0.15, 0.2) is 0 Å². The summed E-state index contributed by atoms with van der Waals surface area (Å²) in [7, 11) is 0. The smallest absolute Gasteiger partial charge is 0.146 e. The van der Waals surface area contributed by atoms with Crippen LogP contribution in [0.4, 0.5) is 0 Å². The zero-order valence-electron chi connectivity index (χ0n) is 9.58. The predicted molar refractivity (Wildman–Crippen MR) is 69.9 cm³/mol. The van der Waals surface area contributed by atoms with Gasteiger partial charge in [-0.3, -0.25) is 4.98 Å². The number of rotatable bonds is 2. The van der Waals surface area contributed by atoms with E-state index in [1.807, 2.05) is 30.3 Å². The van der Waals surface area contributed by atoms with Crippen molar-refractivity contribution in [2.24, 2.45) is 0 Å². The first-order valence-corrected chi connectivity index (χ1v) is 5.63. The van der Waals surface area contributed by atoms with Gasteiger partial charge in [-0.15, -0.1) is 0 Å². The molecule has 0 radical (unpaired) electrons. The molecule has 0 saturated carbocycles. The molecule has 0 amide bonds. The molecule has 0 atom stereocenters. The van der Waals surface area contributed by atoms with Crippen LogP contribution >= 0.6 is 0 Å². The van der Waals surface area contributed by atoms with Crippen LogP contribution in [0.1, 0.15) is 0 Å². The molecule has 88 valence electrons. The summed E-state index contributed by atoms with van der Waals surface area (Å²) in [4.78, 5) is 4.32. The van der Waals surface area contributed by atoms with Gasteiger partial charge in [0.25, 0.3) is 0 Å². The number of ether oxygens (including phenoxy) is 1. The number of pyridine rings is 1. The highest BCUT2D eigenvalue weighted by Gasteiger charge is 2.00. The lowest BCUT2D eigenvalue weighted by Gasteiger charge is -2.06. The second-order valence-electron chi connectivity index (χ2n) is 3.96. The van der Waals surface area contributed by atoms with E-state index in [0.717, 1.165) is 10.9 Å². The maximum absolute atomic E-state index is 9.20. The van der Waals surface area contributed by atoms with Crippen LogP contribution in [-0.4, -0.2) is 10.1 Å². The van der Waals surface area contributed by atoms with Gasteiger partial charge in [0.1, 0.15) is 17.2 Å². The highest BCUT2D eigenvalue weighted by Crippen LogP contribution is 2.25. The number of aromatic hydroxyl groups is 1. The molecule has 3 rings (SSSR count). The van der Waals surface area contributed by atoms with E-state index in [0.29, 0.717) is 11.5 Å². The molecule has 3 heteroatoms. The molecule has 0 aliphatic carbocycles. The second-order valence-corrected chi connectivity index (χ2v) is 3.96. The molecule has 0 aliphatic rings. The standard InChI is InChI=1S/C15H11NO2/c17-12-5-7-13(8-6-12)18-14-9-11-3-1-2-4-15(11)16-10-14/h1-10,17H. The fraction of sp³-hybridized carbons (Fsp3) is 0. The van der Waals surface area contributed by atoms with Crippen molar-refractivity contribution < 1.29 is 9.84 Å². The monoisotopic (exact) mass is 237 g/mol. The average Bonchev–Trinajstić information content (AvgIpc) is 2.41. The van der Waals surface area contributed by atoms with Crippen molar-refractivity contribution in [2.45, 2.75) is 0 Å². The summed E-state index contributed by atoms with van der Waals surface area (Å²) in [5.74, 6) is 1.57. The summed E-state index contributed by atoms with van der Waals surface area (Å²) in [6.45, 7) is 0. The summed E-state index contributed by atoms with van der Waals surface area (Å²) in [5.41, 5.74) is 0.940. The number of phenolic OH excluding ortho intramolecular Hbond substituents is 1. The quantitative estimate of drug-likeness (QED) is 0.738. The molecular weight excluding hydrogens is 226 g/mol. The molecule has 18 heavy (non-hydrogen) atoms. The van der Waals surface area contributed by atoms with Crippen molar-refractivity contribution in [2.75, 3.05) is 0 Å². The first-order chi connectivity index (χ1) is 8.81. The first kappa shape index (κ1) is 10.6. The summed E-state index contributed by atoms with van der Waals surface area (Å²) in [6, 6.07) is 16.4. The summed E-state index contributed by atoms with van der Waals surface area (Å²) < 4.78 is 5.67. The van der Waals surface area contributed by atoms with Crippen LogP contribution in [0.25, 0.3) is 10.9 Å². The molecular formula is C15H11NO2. The zero-order valence-corrected chi connectivity index (χ0v) is 9.58. The van der Waals surface area contributed by atoms with Crippen molar-refractivity contribution >= 4 is 10.9 Å². The summed E-state index contributed by atoms with van der Waals surface area (Å²) in [6.07, 6.45) is 1.69. The molecule has 0 spiro atoms. The van der Waals surface area contributed by atoms with Crippen LogP contribution in [-0.2, 0) is 0 Å². The Balaban J connectivity index is 1.92. The van der Waals surface area contributed by atoms with Crippen molar-refractivity contribution in [3.8, 4) is 17.2 Å². The first-order valence-electron chi connectivity index (χ1n) is 5.63.